The summed E-state index contributed by atoms with van der Waals surface area (Å²) in [4.78, 5) is 11.2. The van der Waals surface area contributed by atoms with E-state index in [-0.39, 0.29) is 18.1 Å². The van der Waals surface area contributed by atoms with Crippen molar-refractivity contribution in [2.45, 2.75) is 12.1 Å². The molecule has 0 aromatic heterocycles. The second kappa shape index (κ2) is 3.52. The van der Waals surface area contributed by atoms with Gasteiger partial charge in [0.1, 0.15) is 0 Å². The van der Waals surface area contributed by atoms with Crippen LogP contribution in [0.25, 0.3) is 5.57 Å². The first-order valence-electron chi connectivity index (χ1n) is 5.35. The minimum absolute atomic E-state index is 0.0766. The number of benzene rings is 1. The molecule has 3 heteroatoms. The molecule has 1 aliphatic heterocycles. The molecular formula is C13H12N2O. The monoisotopic (exact) mass is 212 g/mol. The third-order valence-electron chi connectivity index (χ3n) is 2.93. The summed E-state index contributed by atoms with van der Waals surface area (Å²) in [7, 11) is 0. The molecule has 2 aliphatic rings. The lowest BCUT2D eigenvalue weighted by Crippen LogP contribution is -2.31. The second-order valence-corrected chi connectivity index (χ2v) is 4.02. The molecule has 1 saturated heterocycles. The average molecular weight is 212 g/mol. The van der Waals surface area contributed by atoms with Crippen LogP contribution in [0.15, 0.2) is 48.6 Å². The van der Waals surface area contributed by atoms with Crippen LogP contribution in [0.5, 0.6) is 0 Å². The van der Waals surface area contributed by atoms with Gasteiger partial charge in [0.2, 0.25) is 0 Å². The van der Waals surface area contributed by atoms with Crippen molar-refractivity contribution in [2.24, 2.45) is 0 Å². The maximum absolute atomic E-state index is 11.2. The van der Waals surface area contributed by atoms with Gasteiger partial charge in [-0.25, -0.2) is 4.79 Å². The molecule has 1 aromatic rings. The molecule has 1 aliphatic carbocycles. The van der Waals surface area contributed by atoms with Gasteiger partial charge in [0.05, 0.1) is 12.1 Å². The highest BCUT2D eigenvalue weighted by Gasteiger charge is 2.30. The van der Waals surface area contributed by atoms with Gasteiger partial charge in [-0.3, -0.25) is 0 Å². The zero-order valence-electron chi connectivity index (χ0n) is 8.68. The van der Waals surface area contributed by atoms with E-state index in [1.807, 2.05) is 24.3 Å². The van der Waals surface area contributed by atoms with Crippen molar-refractivity contribution < 1.29 is 4.79 Å². The van der Waals surface area contributed by atoms with Gasteiger partial charge in [-0.2, -0.15) is 0 Å². The van der Waals surface area contributed by atoms with Gasteiger partial charge in [0.25, 0.3) is 0 Å². The molecule has 1 aromatic carbocycles. The summed E-state index contributed by atoms with van der Waals surface area (Å²) in [6.07, 6.45) is 6.19. The van der Waals surface area contributed by atoms with Crippen molar-refractivity contribution in [3.63, 3.8) is 0 Å². The first-order valence-corrected chi connectivity index (χ1v) is 5.35. The van der Waals surface area contributed by atoms with E-state index in [1.165, 1.54) is 5.56 Å². The first kappa shape index (κ1) is 9.21. The summed E-state index contributed by atoms with van der Waals surface area (Å²) in [5.74, 6) is 0. The topological polar surface area (TPSA) is 41.1 Å². The van der Waals surface area contributed by atoms with E-state index in [4.69, 9.17) is 0 Å². The Bertz CT molecular complexity index is 476. The van der Waals surface area contributed by atoms with Crippen LogP contribution < -0.4 is 10.6 Å². The molecule has 16 heavy (non-hydrogen) atoms. The summed E-state index contributed by atoms with van der Waals surface area (Å²) in [6.45, 7) is 0. The quantitative estimate of drug-likeness (QED) is 0.730. The molecule has 2 atom stereocenters. The Labute approximate surface area is 93.9 Å². The largest absolute Gasteiger partial charge is 0.330 e. The Balaban J connectivity index is 1.92. The van der Waals surface area contributed by atoms with E-state index >= 15 is 0 Å². The number of fused-ring (bicyclic) bond motifs is 1. The molecule has 2 amide bonds. The zero-order valence-corrected chi connectivity index (χ0v) is 8.68. The number of nitrogens with one attached hydrogen (secondary N) is 2. The Morgan fingerprint density at radius 3 is 2.56 bits per heavy atom. The SMILES string of the molecule is O=C1NC2C=CC(c3ccccc3)=CC2N1. The lowest BCUT2D eigenvalue weighted by Gasteiger charge is -2.17. The van der Waals surface area contributed by atoms with Crippen molar-refractivity contribution >= 4 is 11.6 Å². The van der Waals surface area contributed by atoms with Gasteiger partial charge in [-0.1, -0.05) is 48.6 Å². The van der Waals surface area contributed by atoms with Crippen LogP contribution in [0.4, 0.5) is 4.79 Å². The first-order chi connectivity index (χ1) is 7.83. The lowest BCUT2D eigenvalue weighted by molar-refractivity contribution is 0.247. The molecule has 3 nitrogen and oxygen atoms in total. The van der Waals surface area contributed by atoms with E-state index in [0.29, 0.717) is 0 Å². The molecule has 80 valence electrons. The number of allylic oxidation sites excluding steroid dienone is 2. The standard InChI is InChI=1S/C13H12N2O/c16-13-14-11-7-6-10(8-12(11)15-13)9-4-2-1-3-5-9/h1-8,11-12H,(H2,14,15,16). The predicted molar refractivity (Wildman–Crippen MR) is 62.8 cm³/mol. The molecule has 0 saturated carbocycles. The number of carbonyl (C=O) groups excluding carboxylic acids is 1. The van der Waals surface area contributed by atoms with E-state index in [1.54, 1.807) is 0 Å². The van der Waals surface area contributed by atoms with E-state index < -0.39 is 0 Å². The summed E-state index contributed by atoms with van der Waals surface area (Å²) >= 11 is 0. The number of urea groups is 1. The minimum atomic E-state index is -0.0924. The van der Waals surface area contributed by atoms with E-state index in [9.17, 15) is 4.79 Å². The molecule has 1 heterocycles. The Hall–Kier alpha value is -2.03. The predicted octanol–water partition coefficient (Wildman–Crippen LogP) is 1.69. The normalized spacial score (nSPS) is 26.8. The Kier molecular flexibility index (Phi) is 2.03. The molecule has 3 rings (SSSR count). The van der Waals surface area contributed by atoms with Crippen molar-refractivity contribution in [2.75, 3.05) is 0 Å². The number of rotatable bonds is 1. The van der Waals surface area contributed by atoms with Crippen LogP contribution >= 0.6 is 0 Å². The van der Waals surface area contributed by atoms with Gasteiger partial charge in [0.15, 0.2) is 0 Å². The lowest BCUT2D eigenvalue weighted by atomic mass is 9.95. The highest BCUT2D eigenvalue weighted by atomic mass is 16.2. The van der Waals surface area contributed by atoms with Gasteiger partial charge < -0.3 is 10.6 Å². The van der Waals surface area contributed by atoms with Crippen LogP contribution in [-0.4, -0.2) is 18.1 Å². The highest BCUT2D eigenvalue weighted by molar-refractivity contribution is 5.82. The van der Waals surface area contributed by atoms with Gasteiger partial charge in [-0.15, -0.1) is 0 Å². The maximum Gasteiger partial charge on any atom is 0.315 e. The highest BCUT2D eigenvalue weighted by Crippen LogP contribution is 2.22. The molecule has 2 unspecified atom stereocenters. The fourth-order valence-corrected chi connectivity index (χ4v) is 2.12. The van der Waals surface area contributed by atoms with Gasteiger partial charge >= 0.3 is 6.03 Å². The summed E-state index contributed by atoms with van der Waals surface area (Å²) in [5, 5.41) is 5.72. The third kappa shape index (κ3) is 1.50. The molecule has 1 fully saturated rings. The zero-order chi connectivity index (χ0) is 11.0. The Morgan fingerprint density at radius 2 is 1.75 bits per heavy atom. The van der Waals surface area contributed by atoms with Gasteiger partial charge in [-0.05, 0) is 11.1 Å². The maximum atomic E-state index is 11.2. The van der Waals surface area contributed by atoms with Crippen LogP contribution in [-0.2, 0) is 0 Å². The van der Waals surface area contributed by atoms with Crippen LogP contribution in [0.2, 0.25) is 0 Å². The van der Waals surface area contributed by atoms with Gasteiger partial charge in [0, 0.05) is 0 Å². The third-order valence-corrected chi connectivity index (χ3v) is 2.93. The second-order valence-electron chi connectivity index (χ2n) is 4.02. The van der Waals surface area contributed by atoms with Crippen LogP contribution in [0, 0.1) is 0 Å². The van der Waals surface area contributed by atoms with Crippen molar-refractivity contribution in [1.29, 1.82) is 0 Å². The number of amides is 2. The smallest absolute Gasteiger partial charge is 0.315 e. The number of carbonyl (C=O) groups is 1. The van der Waals surface area contributed by atoms with E-state index in [0.717, 1.165) is 5.57 Å². The molecule has 0 spiro atoms. The summed E-state index contributed by atoms with van der Waals surface area (Å²) in [6, 6.07) is 10.3. The average Bonchev–Trinajstić information content (AvgIpc) is 2.69. The molecular weight excluding hydrogens is 200 g/mol. The molecule has 0 bridgehead atoms. The van der Waals surface area contributed by atoms with Crippen LogP contribution in [0.1, 0.15) is 5.56 Å². The molecule has 0 radical (unpaired) electrons. The minimum Gasteiger partial charge on any atom is -0.330 e. The molecule has 2 N–H and O–H groups in total. The number of hydrogen-bond donors (Lipinski definition) is 2. The van der Waals surface area contributed by atoms with Crippen molar-refractivity contribution in [3.05, 3.63) is 54.1 Å². The van der Waals surface area contributed by atoms with Crippen molar-refractivity contribution in [3.8, 4) is 0 Å². The fourth-order valence-electron chi connectivity index (χ4n) is 2.12. The summed E-state index contributed by atoms with van der Waals surface area (Å²) < 4.78 is 0. The van der Waals surface area contributed by atoms with E-state index in [2.05, 4.69) is 34.9 Å². The fraction of sp³-hybridized carbons (Fsp3) is 0.154. The summed E-state index contributed by atoms with van der Waals surface area (Å²) in [5.41, 5.74) is 2.34. The number of hydrogen-bond acceptors (Lipinski definition) is 1. The van der Waals surface area contributed by atoms with Crippen LogP contribution in [0.3, 0.4) is 0 Å². The Morgan fingerprint density at radius 1 is 1.00 bits per heavy atom. The van der Waals surface area contributed by atoms with Crippen molar-refractivity contribution in [1.82, 2.24) is 10.6 Å².